The minimum atomic E-state index is 0.599. The Kier molecular flexibility index (Phi) is 2.05. The molecule has 2 aromatic heterocycles. The maximum absolute atomic E-state index is 4.46. The predicted molar refractivity (Wildman–Crippen MR) is 61.8 cm³/mol. The zero-order valence-electron chi connectivity index (χ0n) is 8.63. The largest absolute Gasteiger partial charge is 0.329 e. The van der Waals surface area contributed by atoms with Gasteiger partial charge in [-0.1, -0.05) is 12.2 Å². The van der Waals surface area contributed by atoms with Crippen LogP contribution in [-0.4, -0.2) is 9.55 Å². The smallest absolute Gasteiger partial charge is 0.140 e. The lowest BCUT2D eigenvalue weighted by atomic mass is 10.0. The second-order valence-electron chi connectivity index (χ2n) is 4.08. The number of allylic oxidation sites excluding steroid dienone is 2. The summed E-state index contributed by atoms with van der Waals surface area (Å²) in [5, 5.41) is 1.24. The molecule has 0 N–H and O–H groups in total. The second kappa shape index (κ2) is 3.54. The molecule has 3 rings (SSSR count). The van der Waals surface area contributed by atoms with Gasteiger partial charge >= 0.3 is 0 Å². The Morgan fingerprint density at radius 2 is 2.27 bits per heavy atom. The second-order valence-corrected chi connectivity index (χ2v) is 4.08. The van der Waals surface area contributed by atoms with E-state index in [1.165, 1.54) is 18.2 Å². The summed E-state index contributed by atoms with van der Waals surface area (Å²) >= 11 is 0. The molecule has 0 amide bonds. The maximum Gasteiger partial charge on any atom is 0.140 e. The van der Waals surface area contributed by atoms with Crippen molar-refractivity contribution in [3.8, 4) is 0 Å². The van der Waals surface area contributed by atoms with Crippen LogP contribution in [0.15, 0.2) is 42.7 Å². The van der Waals surface area contributed by atoms with Crippen molar-refractivity contribution in [2.75, 3.05) is 0 Å². The van der Waals surface area contributed by atoms with Gasteiger partial charge in [0.25, 0.3) is 0 Å². The SMILES string of the molecule is C1=CCC(n2ccc3cccnc32)CC1. The summed E-state index contributed by atoms with van der Waals surface area (Å²) in [4.78, 5) is 4.46. The molecule has 2 heteroatoms. The minimum Gasteiger partial charge on any atom is -0.329 e. The number of nitrogens with zero attached hydrogens (tertiary/aromatic N) is 2. The van der Waals surface area contributed by atoms with Crippen LogP contribution >= 0.6 is 0 Å². The Labute approximate surface area is 89.2 Å². The highest BCUT2D eigenvalue weighted by atomic mass is 15.1. The summed E-state index contributed by atoms with van der Waals surface area (Å²) in [6.45, 7) is 0. The first kappa shape index (κ1) is 8.72. The normalized spacial score (nSPS) is 20.9. The van der Waals surface area contributed by atoms with Gasteiger partial charge in [-0.05, 0) is 37.5 Å². The van der Waals surface area contributed by atoms with Crippen molar-refractivity contribution in [2.24, 2.45) is 0 Å². The van der Waals surface area contributed by atoms with Crippen LogP contribution in [0.3, 0.4) is 0 Å². The lowest BCUT2D eigenvalue weighted by molar-refractivity contribution is 0.472. The molecule has 0 aliphatic heterocycles. The Hall–Kier alpha value is -1.57. The third-order valence-electron chi connectivity index (χ3n) is 3.11. The van der Waals surface area contributed by atoms with Gasteiger partial charge in [0.1, 0.15) is 5.65 Å². The Morgan fingerprint density at radius 1 is 1.27 bits per heavy atom. The summed E-state index contributed by atoms with van der Waals surface area (Å²) in [6, 6.07) is 6.87. The summed E-state index contributed by atoms with van der Waals surface area (Å²) < 4.78 is 2.32. The average molecular weight is 198 g/mol. The Balaban J connectivity index is 2.07. The minimum absolute atomic E-state index is 0.599. The molecule has 0 bridgehead atoms. The van der Waals surface area contributed by atoms with E-state index in [0.29, 0.717) is 6.04 Å². The van der Waals surface area contributed by atoms with Crippen LogP contribution in [0.4, 0.5) is 0 Å². The van der Waals surface area contributed by atoms with E-state index in [4.69, 9.17) is 0 Å². The van der Waals surface area contributed by atoms with Gasteiger partial charge in [0, 0.05) is 23.8 Å². The van der Waals surface area contributed by atoms with Crippen molar-refractivity contribution in [2.45, 2.75) is 25.3 Å². The number of hydrogen-bond acceptors (Lipinski definition) is 1. The molecule has 0 fully saturated rings. The molecular formula is C13H14N2. The van der Waals surface area contributed by atoms with E-state index in [-0.39, 0.29) is 0 Å². The molecule has 2 nitrogen and oxygen atoms in total. The van der Waals surface area contributed by atoms with E-state index in [1.54, 1.807) is 0 Å². The molecule has 0 saturated heterocycles. The van der Waals surface area contributed by atoms with Gasteiger partial charge in [-0.3, -0.25) is 0 Å². The lowest BCUT2D eigenvalue weighted by Gasteiger charge is -2.20. The van der Waals surface area contributed by atoms with E-state index >= 15 is 0 Å². The van der Waals surface area contributed by atoms with Gasteiger partial charge in [0.2, 0.25) is 0 Å². The van der Waals surface area contributed by atoms with E-state index in [9.17, 15) is 0 Å². The van der Waals surface area contributed by atoms with Crippen LogP contribution in [-0.2, 0) is 0 Å². The fraction of sp³-hybridized carbons (Fsp3) is 0.308. The molecule has 76 valence electrons. The summed E-state index contributed by atoms with van der Waals surface area (Å²) in [5.41, 5.74) is 1.12. The van der Waals surface area contributed by atoms with Gasteiger partial charge in [0.05, 0.1) is 0 Å². The number of rotatable bonds is 1. The van der Waals surface area contributed by atoms with Crippen LogP contribution in [0.5, 0.6) is 0 Å². The van der Waals surface area contributed by atoms with Crippen LogP contribution in [0.25, 0.3) is 11.0 Å². The third-order valence-corrected chi connectivity index (χ3v) is 3.11. The van der Waals surface area contributed by atoms with E-state index in [1.807, 2.05) is 12.3 Å². The zero-order valence-corrected chi connectivity index (χ0v) is 8.63. The molecule has 0 saturated carbocycles. The van der Waals surface area contributed by atoms with Crippen LogP contribution in [0.2, 0.25) is 0 Å². The zero-order chi connectivity index (χ0) is 10.1. The van der Waals surface area contributed by atoms with Gasteiger partial charge in [-0.2, -0.15) is 0 Å². The highest BCUT2D eigenvalue weighted by Crippen LogP contribution is 2.27. The van der Waals surface area contributed by atoms with E-state index in [0.717, 1.165) is 12.1 Å². The van der Waals surface area contributed by atoms with Crippen LogP contribution < -0.4 is 0 Å². The van der Waals surface area contributed by atoms with Crippen LogP contribution in [0, 0.1) is 0 Å². The molecule has 0 spiro atoms. The van der Waals surface area contributed by atoms with Crippen molar-refractivity contribution >= 4 is 11.0 Å². The number of aromatic nitrogens is 2. The van der Waals surface area contributed by atoms with Gasteiger partial charge in [-0.15, -0.1) is 0 Å². The maximum atomic E-state index is 4.46. The summed E-state index contributed by atoms with van der Waals surface area (Å²) in [7, 11) is 0. The van der Waals surface area contributed by atoms with E-state index < -0.39 is 0 Å². The predicted octanol–water partition coefficient (Wildman–Crippen LogP) is 3.32. The van der Waals surface area contributed by atoms with Crippen molar-refractivity contribution < 1.29 is 0 Å². The molecule has 15 heavy (non-hydrogen) atoms. The Morgan fingerprint density at radius 3 is 3.13 bits per heavy atom. The first-order valence-electron chi connectivity index (χ1n) is 5.52. The first-order valence-corrected chi connectivity index (χ1v) is 5.52. The van der Waals surface area contributed by atoms with Crippen molar-refractivity contribution in [3.05, 3.63) is 42.7 Å². The molecule has 1 atom stereocenters. The summed E-state index contributed by atoms with van der Waals surface area (Å²) in [6.07, 6.45) is 12.2. The van der Waals surface area contributed by atoms with Crippen molar-refractivity contribution in [1.82, 2.24) is 9.55 Å². The van der Waals surface area contributed by atoms with Crippen LogP contribution in [0.1, 0.15) is 25.3 Å². The van der Waals surface area contributed by atoms with Crippen molar-refractivity contribution in [1.29, 1.82) is 0 Å². The topological polar surface area (TPSA) is 17.8 Å². The monoisotopic (exact) mass is 198 g/mol. The molecule has 2 aromatic rings. The average Bonchev–Trinajstić information content (AvgIpc) is 2.74. The van der Waals surface area contributed by atoms with Crippen molar-refractivity contribution in [3.63, 3.8) is 0 Å². The number of hydrogen-bond donors (Lipinski definition) is 0. The summed E-state index contributed by atoms with van der Waals surface area (Å²) in [5.74, 6) is 0. The fourth-order valence-electron chi connectivity index (χ4n) is 2.31. The molecule has 2 heterocycles. The lowest BCUT2D eigenvalue weighted by Crippen LogP contribution is -2.09. The third kappa shape index (κ3) is 1.46. The standard InChI is InChI=1S/C13H14N2/c1-2-6-12(7-3-1)15-10-8-11-5-4-9-14-13(11)15/h1-2,4-5,8-10,12H,3,6-7H2. The molecule has 1 unspecified atom stereocenters. The number of pyridine rings is 1. The molecule has 1 aliphatic carbocycles. The van der Waals surface area contributed by atoms with E-state index in [2.05, 4.69) is 40.0 Å². The first-order chi connectivity index (χ1) is 7.45. The molecule has 0 aromatic carbocycles. The highest BCUT2D eigenvalue weighted by Gasteiger charge is 2.13. The molecule has 0 radical (unpaired) electrons. The highest BCUT2D eigenvalue weighted by molar-refractivity contribution is 5.75. The van der Waals surface area contributed by atoms with Gasteiger partial charge in [-0.25, -0.2) is 4.98 Å². The number of fused-ring (bicyclic) bond motifs is 1. The molecular weight excluding hydrogens is 184 g/mol. The van der Waals surface area contributed by atoms with Gasteiger partial charge in [0.15, 0.2) is 0 Å². The Bertz CT molecular complexity index is 496. The van der Waals surface area contributed by atoms with Gasteiger partial charge < -0.3 is 4.57 Å². The fourth-order valence-corrected chi connectivity index (χ4v) is 2.31. The quantitative estimate of drug-likeness (QED) is 0.643. The molecule has 1 aliphatic rings.